The largest absolute Gasteiger partial charge is 0.363 e. The first-order valence-electron chi connectivity index (χ1n) is 7.18. The number of rotatable bonds is 6. The van der Waals surface area contributed by atoms with Gasteiger partial charge in [0.2, 0.25) is 5.91 Å². The van der Waals surface area contributed by atoms with Gasteiger partial charge in [0.05, 0.1) is 5.60 Å². The number of hydrogen-bond acceptors (Lipinski definition) is 3. The van der Waals surface area contributed by atoms with Crippen molar-refractivity contribution in [3.8, 4) is 0 Å². The predicted molar refractivity (Wildman–Crippen MR) is 79.4 cm³/mol. The van der Waals surface area contributed by atoms with Gasteiger partial charge in [-0.1, -0.05) is 30.3 Å². The van der Waals surface area contributed by atoms with Crippen molar-refractivity contribution >= 4 is 5.91 Å². The quantitative estimate of drug-likeness (QED) is 0.861. The van der Waals surface area contributed by atoms with Crippen LogP contribution in [0.1, 0.15) is 26.3 Å². The van der Waals surface area contributed by atoms with Gasteiger partial charge in [-0.3, -0.25) is 4.79 Å². The van der Waals surface area contributed by atoms with Crippen LogP contribution in [0.2, 0.25) is 0 Å². The Labute approximate surface area is 121 Å². The molecule has 0 saturated carbocycles. The van der Waals surface area contributed by atoms with Crippen LogP contribution in [0.15, 0.2) is 30.3 Å². The average molecular weight is 276 g/mol. The zero-order chi connectivity index (χ0) is 14.6. The van der Waals surface area contributed by atoms with Crippen LogP contribution in [-0.4, -0.2) is 42.1 Å². The molecule has 4 nitrogen and oxygen atoms in total. The van der Waals surface area contributed by atoms with Gasteiger partial charge in [0, 0.05) is 25.7 Å². The van der Waals surface area contributed by atoms with E-state index in [0.717, 1.165) is 18.7 Å². The molecule has 1 fully saturated rings. The molecule has 110 valence electrons. The Hall–Kier alpha value is -1.39. The highest BCUT2D eigenvalue weighted by Gasteiger charge is 2.33. The normalized spacial score (nSPS) is 16.8. The van der Waals surface area contributed by atoms with Crippen molar-refractivity contribution in [2.24, 2.45) is 0 Å². The Morgan fingerprint density at radius 1 is 1.35 bits per heavy atom. The molecule has 1 aromatic rings. The van der Waals surface area contributed by atoms with Crippen molar-refractivity contribution in [2.45, 2.75) is 39.0 Å². The second-order valence-corrected chi connectivity index (χ2v) is 5.94. The molecule has 0 unspecified atom stereocenters. The van der Waals surface area contributed by atoms with Gasteiger partial charge in [-0.15, -0.1) is 0 Å². The standard InChI is InChI=1S/C16H24N2O2/c1-13(2)18(9-14-7-5-4-6-8-14)15(19)10-20-16(3)11-17-12-16/h4-8,13,17H,9-12H2,1-3H3. The summed E-state index contributed by atoms with van der Waals surface area (Å²) in [6.07, 6.45) is 0. The van der Waals surface area contributed by atoms with Crippen LogP contribution in [0.3, 0.4) is 0 Å². The second-order valence-electron chi connectivity index (χ2n) is 5.94. The first-order chi connectivity index (χ1) is 9.50. The van der Waals surface area contributed by atoms with Crippen molar-refractivity contribution in [3.05, 3.63) is 35.9 Å². The van der Waals surface area contributed by atoms with Crippen LogP contribution >= 0.6 is 0 Å². The summed E-state index contributed by atoms with van der Waals surface area (Å²) in [5.74, 6) is 0.0528. The molecule has 0 aliphatic carbocycles. The van der Waals surface area contributed by atoms with Crippen molar-refractivity contribution in [2.75, 3.05) is 19.7 Å². The highest BCUT2D eigenvalue weighted by atomic mass is 16.5. The number of benzene rings is 1. The average Bonchev–Trinajstić information content (AvgIpc) is 2.41. The van der Waals surface area contributed by atoms with Gasteiger partial charge in [0.15, 0.2) is 0 Å². The fraction of sp³-hybridized carbons (Fsp3) is 0.562. The predicted octanol–water partition coefficient (Wildman–Crippen LogP) is 1.80. The van der Waals surface area contributed by atoms with Gasteiger partial charge in [-0.25, -0.2) is 0 Å². The molecule has 0 aromatic heterocycles. The summed E-state index contributed by atoms with van der Waals surface area (Å²) in [5.41, 5.74) is 0.969. The lowest BCUT2D eigenvalue weighted by atomic mass is 10.0. The van der Waals surface area contributed by atoms with Crippen molar-refractivity contribution in [3.63, 3.8) is 0 Å². The molecule has 20 heavy (non-hydrogen) atoms. The molecule has 2 rings (SSSR count). The molecular weight excluding hydrogens is 252 g/mol. The van der Waals surface area contributed by atoms with Crippen LogP contribution in [-0.2, 0) is 16.1 Å². The van der Waals surface area contributed by atoms with Crippen LogP contribution < -0.4 is 5.32 Å². The van der Waals surface area contributed by atoms with Gasteiger partial charge >= 0.3 is 0 Å². The summed E-state index contributed by atoms with van der Waals surface area (Å²) in [6, 6.07) is 10.2. The van der Waals surface area contributed by atoms with E-state index in [4.69, 9.17) is 4.74 Å². The van der Waals surface area contributed by atoms with E-state index >= 15 is 0 Å². The molecule has 1 aliphatic rings. The van der Waals surface area contributed by atoms with Gasteiger partial charge in [-0.05, 0) is 26.3 Å². The van der Waals surface area contributed by atoms with Gasteiger partial charge in [0.1, 0.15) is 6.61 Å². The van der Waals surface area contributed by atoms with E-state index < -0.39 is 0 Å². The van der Waals surface area contributed by atoms with E-state index in [1.807, 2.05) is 56.0 Å². The summed E-state index contributed by atoms with van der Waals surface area (Å²) >= 11 is 0. The Balaban J connectivity index is 1.92. The van der Waals surface area contributed by atoms with Gasteiger partial charge in [-0.2, -0.15) is 0 Å². The SMILES string of the molecule is CC(C)N(Cc1ccccc1)C(=O)COC1(C)CNC1. The van der Waals surface area contributed by atoms with Crippen LogP contribution in [0.25, 0.3) is 0 Å². The number of hydrogen-bond donors (Lipinski definition) is 1. The molecule has 0 spiro atoms. The number of nitrogens with one attached hydrogen (secondary N) is 1. The molecule has 0 bridgehead atoms. The molecule has 0 atom stereocenters. The van der Waals surface area contributed by atoms with E-state index in [0.29, 0.717) is 6.54 Å². The van der Waals surface area contributed by atoms with Crippen LogP contribution in [0.5, 0.6) is 0 Å². The van der Waals surface area contributed by atoms with Crippen LogP contribution in [0, 0.1) is 0 Å². The highest BCUT2D eigenvalue weighted by Crippen LogP contribution is 2.16. The maximum absolute atomic E-state index is 12.4. The highest BCUT2D eigenvalue weighted by molar-refractivity contribution is 5.77. The number of carbonyl (C=O) groups is 1. The minimum absolute atomic E-state index is 0.0528. The van der Waals surface area contributed by atoms with E-state index in [1.165, 1.54) is 0 Å². The Morgan fingerprint density at radius 3 is 2.50 bits per heavy atom. The Bertz CT molecular complexity index is 441. The Kier molecular flexibility index (Phi) is 4.78. The smallest absolute Gasteiger partial charge is 0.249 e. The van der Waals surface area contributed by atoms with E-state index in [-0.39, 0.29) is 24.2 Å². The number of amides is 1. The zero-order valence-corrected chi connectivity index (χ0v) is 12.6. The summed E-state index contributed by atoms with van der Waals surface area (Å²) in [4.78, 5) is 14.2. The molecule has 1 N–H and O–H groups in total. The van der Waals surface area contributed by atoms with E-state index in [2.05, 4.69) is 5.32 Å². The molecular formula is C16H24N2O2. The molecule has 0 radical (unpaired) electrons. The molecule has 1 heterocycles. The van der Waals surface area contributed by atoms with Crippen molar-refractivity contribution < 1.29 is 9.53 Å². The van der Waals surface area contributed by atoms with Crippen molar-refractivity contribution in [1.29, 1.82) is 0 Å². The first-order valence-corrected chi connectivity index (χ1v) is 7.18. The Morgan fingerprint density at radius 2 is 2.00 bits per heavy atom. The second kappa shape index (κ2) is 6.37. The molecule has 1 aromatic carbocycles. The van der Waals surface area contributed by atoms with Gasteiger partial charge in [0.25, 0.3) is 0 Å². The fourth-order valence-electron chi connectivity index (χ4n) is 2.24. The molecule has 1 saturated heterocycles. The van der Waals surface area contributed by atoms with E-state index in [9.17, 15) is 4.79 Å². The fourth-order valence-corrected chi connectivity index (χ4v) is 2.24. The molecule has 1 aliphatic heterocycles. The maximum Gasteiger partial charge on any atom is 0.249 e. The third-order valence-corrected chi connectivity index (χ3v) is 3.68. The van der Waals surface area contributed by atoms with Crippen LogP contribution in [0.4, 0.5) is 0 Å². The zero-order valence-electron chi connectivity index (χ0n) is 12.6. The minimum Gasteiger partial charge on any atom is -0.363 e. The topological polar surface area (TPSA) is 41.6 Å². The van der Waals surface area contributed by atoms with E-state index in [1.54, 1.807) is 0 Å². The third-order valence-electron chi connectivity index (χ3n) is 3.68. The third kappa shape index (κ3) is 3.81. The lowest BCUT2D eigenvalue weighted by Crippen LogP contribution is -2.59. The number of nitrogens with zero attached hydrogens (tertiary/aromatic N) is 1. The van der Waals surface area contributed by atoms with Gasteiger partial charge < -0.3 is 15.0 Å². The first kappa shape index (κ1) is 15.0. The maximum atomic E-state index is 12.4. The lowest BCUT2D eigenvalue weighted by molar-refractivity contribution is -0.148. The summed E-state index contributed by atoms with van der Waals surface area (Å²) in [5, 5.41) is 3.17. The summed E-state index contributed by atoms with van der Waals surface area (Å²) < 4.78 is 5.74. The molecule has 1 amide bonds. The monoisotopic (exact) mass is 276 g/mol. The summed E-state index contributed by atoms with van der Waals surface area (Å²) in [6.45, 7) is 8.54. The number of ether oxygens (including phenoxy) is 1. The minimum atomic E-state index is -0.176. The lowest BCUT2D eigenvalue weighted by Gasteiger charge is -2.39. The molecule has 4 heteroatoms. The summed E-state index contributed by atoms with van der Waals surface area (Å²) in [7, 11) is 0. The number of carbonyl (C=O) groups excluding carboxylic acids is 1. The van der Waals surface area contributed by atoms with Crippen molar-refractivity contribution in [1.82, 2.24) is 10.2 Å².